The van der Waals surface area contributed by atoms with Gasteiger partial charge in [0.05, 0.1) is 6.26 Å². The molecule has 0 saturated carbocycles. The Labute approximate surface area is 55.6 Å². The second kappa shape index (κ2) is 6.95. The van der Waals surface area contributed by atoms with E-state index in [1.165, 1.54) is 6.40 Å². The molecule has 0 fully saturated rings. The SMILES string of the molecule is C/C=C\N=CO/C=C/C. The summed E-state index contributed by atoms with van der Waals surface area (Å²) in [4.78, 5) is 3.75. The quantitative estimate of drug-likeness (QED) is 0.321. The topological polar surface area (TPSA) is 21.6 Å². The zero-order chi connectivity index (χ0) is 6.95. The number of allylic oxidation sites excluding steroid dienone is 2. The van der Waals surface area contributed by atoms with E-state index in [2.05, 4.69) is 4.99 Å². The van der Waals surface area contributed by atoms with Gasteiger partial charge in [0.15, 0.2) is 6.40 Å². The van der Waals surface area contributed by atoms with Gasteiger partial charge in [-0.05, 0) is 13.8 Å². The van der Waals surface area contributed by atoms with Gasteiger partial charge in [0, 0.05) is 6.20 Å². The van der Waals surface area contributed by atoms with Gasteiger partial charge in [-0.3, -0.25) is 0 Å². The van der Waals surface area contributed by atoms with Crippen molar-refractivity contribution in [1.82, 2.24) is 0 Å². The van der Waals surface area contributed by atoms with E-state index in [1.807, 2.05) is 19.9 Å². The second-order valence-corrected chi connectivity index (χ2v) is 1.34. The summed E-state index contributed by atoms with van der Waals surface area (Å²) in [6, 6.07) is 0. The van der Waals surface area contributed by atoms with Crippen LogP contribution in [0.2, 0.25) is 0 Å². The summed E-state index contributed by atoms with van der Waals surface area (Å²) in [7, 11) is 0. The molecule has 2 heteroatoms. The van der Waals surface area contributed by atoms with Gasteiger partial charge in [0.25, 0.3) is 0 Å². The van der Waals surface area contributed by atoms with Crippen molar-refractivity contribution in [2.24, 2.45) is 4.99 Å². The fourth-order valence-corrected chi connectivity index (χ4v) is 0.270. The van der Waals surface area contributed by atoms with Crippen LogP contribution in [0.15, 0.2) is 29.6 Å². The van der Waals surface area contributed by atoms with E-state index in [1.54, 1.807) is 18.5 Å². The van der Waals surface area contributed by atoms with Crippen LogP contribution in [-0.2, 0) is 4.74 Å². The highest BCUT2D eigenvalue weighted by Crippen LogP contribution is 1.74. The van der Waals surface area contributed by atoms with Gasteiger partial charge in [-0.2, -0.15) is 0 Å². The third-order valence-electron chi connectivity index (χ3n) is 0.572. The first-order chi connectivity index (χ1) is 4.41. The van der Waals surface area contributed by atoms with Crippen LogP contribution in [0.4, 0.5) is 0 Å². The molecule has 2 nitrogen and oxygen atoms in total. The maximum absolute atomic E-state index is 4.76. The van der Waals surface area contributed by atoms with Crippen molar-refractivity contribution in [1.29, 1.82) is 0 Å². The number of nitrogens with zero attached hydrogens (tertiary/aromatic N) is 1. The first-order valence-electron chi connectivity index (χ1n) is 2.81. The first kappa shape index (κ1) is 7.95. The molecule has 0 aliphatic carbocycles. The van der Waals surface area contributed by atoms with Crippen molar-refractivity contribution in [3.8, 4) is 0 Å². The molecule has 0 aromatic heterocycles. The van der Waals surface area contributed by atoms with Gasteiger partial charge in [0.1, 0.15) is 0 Å². The highest BCUT2D eigenvalue weighted by molar-refractivity contribution is 5.48. The second-order valence-electron chi connectivity index (χ2n) is 1.34. The van der Waals surface area contributed by atoms with Crippen LogP contribution in [0.1, 0.15) is 13.8 Å². The normalized spacial score (nSPS) is 12.2. The predicted octanol–water partition coefficient (Wildman–Crippen LogP) is 2.10. The van der Waals surface area contributed by atoms with Crippen LogP contribution < -0.4 is 0 Å². The Balaban J connectivity index is 3.25. The van der Waals surface area contributed by atoms with Gasteiger partial charge in [0.2, 0.25) is 0 Å². The smallest absolute Gasteiger partial charge is 0.180 e. The first-order valence-corrected chi connectivity index (χ1v) is 2.81. The molecule has 9 heavy (non-hydrogen) atoms. The van der Waals surface area contributed by atoms with Crippen LogP contribution in [-0.4, -0.2) is 6.40 Å². The fourth-order valence-electron chi connectivity index (χ4n) is 0.270. The molecular weight excluding hydrogens is 114 g/mol. The number of hydrogen-bond donors (Lipinski definition) is 0. The Bertz CT molecular complexity index is 125. The minimum atomic E-state index is 1.38. The lowest BCUT2D eigenvalue weighted by Crippen LogP contribution is -1.71. The average molecular weight is 125 g/mol. The summed E-state index contributed by atoms with van der Waals surface area (Å²) in [5, 5.41) is 0. The van der Waals surface area contributed by atoms with E-state index in [9.17, 15) is 0 Å². The van der Waals surface area contributed by atoms with Gasteiger partial charge >= 0.3 is 0 Å². The average Bonchev–Trinajstić information content (AvgIpc) is 1.89. The van der Waals surface area contributed by atoms with E-state index in [0.717, 1.165) is 0 Å². The number of ether oxygens (including phenoxy) is 1. The summed E-state index contributed by atoms with van der Waals surface area (Å²) >= 11 is 0. The fraction of sp³-hybridized carbons (Fsp3) is 0.286. The molecule has 0 heterocycles. The standard InChI is InChI=1S/C7H11NO/c1-3-5-8-7-9-6-4-2/h3-7H,1-2H3/b5-3-,6-4+,8-7?. The highest BCUT2D eigenvalue weighted by atomic mass is 16.5. The summed E-state index contributed by atoms with van der Waals surface area (Å²) < 4.78 is 4.76. The molecule has 0 bridgehead atoms. The van der Waals surface area contributed by atoms with E-state index in [0.29, 0.717) is 0 Å². The van der Waals surface area contributed by atoms with Crippen molar-refractivity contribution in [2.75, 3.05) is 0 Å². The Morgan fingerprint density at radius 3 is 2.56 bits per heavy atom. The molecule has 0 N–H and O–H groups in total. The molecule has 0 aromatic rings. The lowest BCUT2D eigenvalue weighted by Gasteiger charge is -1.82. The maximum atomic E-state index is 4.76. The Morgan fingerprint density at radius 2 is 2.00 bits per heavy atom. The van der Waals surface area contributed by atoms with Crippen molar-refractivity contribution < 1.29 is 4.74 Å². The third kappa shape index (κ3) is 6.95. The largest absolute Gasteiger partial charge is 0.454 e. The number of rotatable bonds is 3. The zero-order valence-electron chi connectivity index (χ0n) is 5.74. The van der Waals surface area contributed by atoms with Gasteiger partial charge < -0.3 is 4.74 Å². The van der Waals surface area contributed by atoms with E-state index < -0.39 is 0 Å². The molecule has 0 aliphatic rings. The van der Waals surface area contributed by atoms with Crippen LogP contribution in [0, 0.1) is 0 Å². The van der Waals surface area contributed by atoms with Crippen LogP contribution in [0.5, 0.6) is 0 Å². The van der Waals surface area contributed by atoms with E-state index >= 15 is 0 Å². The summed E-state index contributed by atoms with van der Waals surface area (Å²) in [6.07, 6.45) is 8.22. The van der Waals surface area contributed by atoms with Crippen molar-refractivity contribution in [3.05, 3.63) is 24.6 Å². The summed E-state index contributed by atoms with van der Waals surface area (Å²) in [5.41, 5.74) is 0. The molecule has 0 amide bonds. The molecule has 0 saturated heterocycles. The molecule has 50 valence electrons. The minimum absolute atomic E-state index is 1.38. The molecule has 0 radical (unpaired) electrons. The Morgan fingerprint density at radius 1 is 1.22 bits per heavy atom. The molecule has 0 rings (SSSR count). The summed E-state index contributed by atoms with van der Waals surface area (Å²) in [5.74, 6) is 0. The van der Waals surface area contributed by atoms with Gasteiger partial charge in [-0.15, -0.1) is 0 Å². The van der Waals surface area contributed by atoms with Crippen molar-refractivity contribution in [2.45, 2.75) is 13.8 Å². The Hall–Kier alpha value is -1.05. The van der Waals surface area contributed by atoms with E-state index in [-0.39, 0.29) is 0 Å². The monoisotopic (exact) mass is 125 g/mol. The zero-order valence-corrected chi connectivity index (χ0v) is 5.74. The highest BCUT2D eigenvalue weighted by Gasteiger charge is 1.61. The molecule has 0 aliphatic heterocycles. The molecule has 0 atom stereocenters. The third-order valence-corrected chi connectivity index (χ3v) is 0.572. The predicted molar refractivity (Wildman–Crippen MR) is 39.2 cm³/mol. The van der Waals surface area contributed by atoms with Crippen LogP contribution >= 0.6 is 0 Å². The van der Waals surface area contributed by atoms with Crippen LogP contribution in [0.25, 0.3) is 0 Å². The number of hydrogen-bond acceptors (Lipinski definition) is 2. The maximum Gasteiger partial charge on any atom is 0.180 e. The van der Waals surface area contributed by atoms with Crippen LogP contribution in [0.3, 0.4) is 0 Å². The van der Waals surface area contributed by atoms with Gasteiger partial charge in [-0.1, -0.05) is 12.2 Å². The molecule has 0 unspecified atom stereocenters. The molecule has 0 aromatic carbocycles. The number of aliphatic imine (C=N–C) groups is 1. The lowest BCUT2D eigenvalue weighted by atomic mass is 10.7. The lowest BCUT2D eigenvalue weighted by molar-refractivity contribution is 0.493. The van der Waals surface area contributed by atoms with Crippen molar-refractivity contribution in [3.63, 3.8) is 0 Å². The Kier molecular flexibility index (Phi) is 6.14. The molecule has 0 spiro atoms. The van der Waals surface area contributed by atoms with Crippen molar-refractivity contribution >= 4 is 6.40 Å². The summed E-state index contributed by atoms with van der Waals surface area (Å²) in [6.45, 7) is 3.77. The molecular formula is C7H11NO. The van der Waals surface area contributed by atoms with E-state index in [4.69, 9.17) is 4.74 Å². The van der Waals surface area contributed by atoms with Gasteiger partial charge in [-0.25, -0.2) is 4.99 Å². The minimum Gasteiger partial charge on any atom is -0.454 e.